The van der Waals surface area contributed by atoms with Gasteiger partial charge in [0.2, 0.25) is 0 Å². The van der Waals surface area contributed by atoms with Gasteiger partial charge in [-0.05, 0) is 43.4 Å². The van der Waals surface area contributed by atoms with Crippen LogP contribution in [-0.2, 0) is 0 Å². The van der Waals surface area contributed by atoms with E-state index in [1.807, 2.05) is 4.90 Å². The Morgan fingerprint density at radius 3 is 2.35 bits per heavy atom. The maximum atomic E-state index is 12.3. The average Bonchev–Trinajstić information content (AvgIpc) is 2.88. The fourth-order valence-corrected chi connectivity index (χ4v) is 3.08. The van der Waals surface area contributed by atoms with Crippen LogP contribution >= 0.6 is 24.8 Å². The quantitative estimate of drug-likeness (QED) is 0.863. The Labute approximate surface area is 132 Å². The largest absolute Gasteiger partial charge is 0.339 e. The van der Waals surface area contributed by atoms with E-state index in [1.54, 1.807) is 24.5 Å². The standard InChI is InChI=1S/C14H19N3O.2ClH/c18-13(12-1-6-15-7-2-12)17-9-4-14(5-10-17)3-8-16-11-14;;/h1-2,6-7,16H,3-5,8-11H2;2*1H. The van der Waals surface area contributed by atoms with E-state index in [4.69, 9.17) is 0 Å². The van der Waals surface area contributed by atoms with Crippen LogP contribution in [0.3, 0.4) is 0 Å². The Kier molecular flexibility index (Phi) is 6.24. The third-order valence-corrected chi connectivity index (χ3v) is 4.37. The third-order valence-electron chi connectivity index (χ3n) is 4.37. The second kappa shape index (κ2) is 7.25. The van der Waals surface area contributed by atoms with Gasteiger partial charge < -0.3 is 10.2 Å². The van der Waals surface area contributed by atoms with Crippen LogP contribution in [0.4, 0.5) is 0 Å². The molecular formula is C14H21Cl2N3O. The first-order valence-electron chi connectivity index (χ1n) is 6.69. The van der Waals surface area contributed by atoms with Gasteiger partial charge in [0.1, 0.15) is 0 Å². The SMILES string of the molecule is Cl.Cl.O=C(c1ccncc1)N1CCC2(CCNC2)CC1. The van der Waals surface area contributed by atoms with Crippen LogP contribution in [-0.4, -0.2) is 42.0 Å². The number of hydrogen-bond donors (Lipinski definition) is 1. The van der Waals surface area contributed by atoms with Crippen LogP contribution in [0.15, 0.2) is 24.5 Å². The molecule has 112 valence electrons. The van der Waals surface area contributed by atoms with Gasteiger partial charge in [-0.1, -0.05) is 0 Å². The molecule has 0 radical (unpaired) electrons. The van der Waals surface area contributed by atoms with Crippen molar-refractivity contribution < 1.29 is 4.79 Å². The molecule has 2 saturated heterocycles. The molecule has 4 nitrogen and oxygen atoms in total. The van der Waals surface area contributed by atoms with Gasteiger partial charge >= 0.3 is 0 Å². The molecule has 2 fully saturated rings. The molecule has 0 saturated carbocycles. The van der Waals surface area contributed by atoms with Crippen LogP contribution in [0, 0.1) is 5.41 Å². The Morgan fingerprint density at radius 2 is 1.80 bits per heavy atom. The van der Waals surface area contributed by atoms with Gasteiger partial charge in [0, 0.05) is 37.6 Å². The zero-order valence-electron chi connectivity index (χ0n) is 11.4. The summed E-state index contributed by atoms with van der Waals surface area (Å²) in [5.74, 6) is 0.151. The first kappa shape index (κ1) is 17.2. The summed E-state index contributed by atoms with van der Waals surface area (Å²) in [7, 11) is 0. The van der Waals surface area contributed by atoms with Crippen molar-refractivity contribution in [2.24, 2.45) is 5.41 Å². The smallest absolute Gasteiger partial charge is 0.253 e. The zero-order valence-corrected chi connectivity index (χ0v) is 13.0. The lowest BCUT2D eigenvalue weighted by Gasteiger charge is -2.38. The summed E-state index contributed by atoms with van der Waals surface area (Å²) in [6.45, 7) is 4.05. The molecule has 1 aromatic rings. The monoisotopic (exact) mass is 317 g/mol. The number of pyridine rings is 1. The average molecular weight is 318 g/mol. The Morgan fingerprint density at radius 1 is 1.15 bits per heavy atom. The van der Waals surface area contributed by atoms with Gasteiger partial charge in [-0.3, -0.25) is 9.78 Å². The topological polar surface area (TPSA) is 45.2 Å². The molecule has 1 N–H and O–H groups in total. The van der Waals surface area contributed by atoms with E-state index in [2.05, 4.69) is 10.3 Å². The summed E-state index contributed by atoms with van der Waals surface area (Å²) in [5.41, 5.74) is 1.22. The van der Waals surface area contributed by atoms with Gasteiger partial charge in [-0.2, -0.15) is 0 Å². The highest BCUT2D eigenvalue weighted by Crippen LogP contribution is 2.37. The van der Waals surface area contributed by atoms with E-state index < -0.39 is 0 Å². The molecule has 3 rings (SSSR count). The zero-order chi connectivity index (χ0) is 12.4. The van der Waals surface area contributed by atoms with E-state index >= 15 is 0 Å². The number of carbonyl (C=O) groups excluding carboxylic acids is 1. The van der Waals surface area contributed by atoms with Gasteiger partial charge in [-0.15, -0.1) is 24.8 Å². The van der Waals surface area contributed by atoms with Gasteiger partial charge in [0.05, 0.1) is 0 Å². The first-order chi connectivity index (χ1) is 8.79. The van der Waals surface area contributed by atoms with Gasteiger partial charge in [-0.25, -0.2) is 0 Å². The number of hydrogen-bond acceptors (Lipinski definition) is 3. The lowest BCUT2D eigenvalue weighted by atomic mass is 9.78. The molecular weight excluding hydrogens is 297 g/mol. The summed E-state index contributed by atoms with van der Waals surface area (Å²) >= 11 is 0. The summed E-state index contributed by atoms with van der Waals surface area (Å²) in [5, 5.41) is 3.45. The highest BCUT2D eigenvalue weighted by atomic mass is 35.5. The molecule has 1 spiro atoms. The third kappa shape index (κ3) is 3.43. The summed E-state index contributed by atoms with van der Waals surface area (Å²) in [4.78, 5) is 18.2. The number of amides is 1. The van der Waals surface area contributed by atoms with Gasteiger partial charge in [0.15, 0.2) is 0 Å². The minimum Gasteiger partial charge on any atom is -0.339 e. The van der Waals surface area contributed by atoms with Crippen LogP contribution < -0.4 is 5.32 Å². The predicted molar refractivity (Wildman–Crippen MR) is 83.8 cm³/mol. The van der Waals surface area contributed by atoms with Crippen LogP contribution in [0.2, 0.25) is 0 Å². The molecule has 20 heavy (non-hydrogen) atoms. The van der Waals surface area contributed by atoms with Crippen molar-refractivity contribution in [3.63, 3.8) is 0 Å². The van der Waals surface area contributed by atoms with E-state index in [9.17, 15) is 4.79 Å². The van der Waals surface area contributed by atoms with Crippen molar-refractivity contribution in [2.45, 2.75) is 19.3 Å². The number of likely N-dealkylation sites (tertiary alicyclic amines) is 1. The number of nitrogens with one attached hydrogen (secondary N) is 1. The number of rotatable bonds is 1. The summed E-state index contributed by atoms with van der Waals surface area (Å²) < 4.78 is 0. The maximum absolute atomic E-state index is 12.3. The minimum atomic E-state index is 0. The molecule has 0 unspecified atom stereocenters. The first-order valence-corrected chi connectivity index (χ1v) is 6.69. The molecule has 0 aliphatic carbocycles. The van der Waals surface area contributed by atoms with Crippen molar-refractivity contribution in [3.05, 3.63) is 30.1 Å². The molecule has 0 bridgehead atoms. The molecule has 1 amide bonds. The fourth-order valence-electron chi connectivity index (χ4n) is 3.08. The highest BCUT2D eigenvalue weighted by Gasteiger charge is 2.38. The molecule has 0 aromatic carbocycles. The molecule has 2 aliphatic heterocycles. The normalized spacial score (nSPS) is 20.1. The minimum absolute atomic E-state index is 0. The molecule has 6 heteroatoms. The van der Waals surface area contributed by atoms with E-state index in [0.717, 1.165) is 44.6 Å². The molecule has 2 aliphatic rings. The fraction of sp³-hybridized carbons (Fsp3) is 0.571. The number of piperidine rings is 1. The maximum Gasteiger partial charge on any atom is 0.253 e. The lowest BCUT2D eigenvalue weighted by Crippen LogP contribution is -2.44. The molecule has 0 atom stereocenters. The Balaban J connectivity index is 0.000001000. The van der Waals surface area contributed by atoms with E-state index in [0.29, 0.717) is 5.41 Å². The van der Waals surface area contributed by atoms with Crippen molar-refractivity contribution >= 4 is 30.7 Å². The Hall–Kier alpha value is -0.840. The van der Waals surface area contributed by atoms with Crippen molar-refractivity contribution in [1.29, 1.82) is 0 Å². The van der Waals surface area contributed by atoms with Crippen LogP contribution in [0.5, 0.6) is 0 Å². The highest BCUT2D eigenvalue weighted by molar-refractivity contribution is 5.94. The van der Waals surface area contributed by atoms with Crippen LogP contribution in [0.25, 0.3) is 0 Å². The van der Waals surface area contributed by atoms with Crippen molar-refractivity contribution in [3.8, 4) is 0 Å². The summed E-state index contributed by atoms with van der Waals surface area (Å²) in [6, 6.07) is 3.59. The Bertz CT molecular complexity index is 425. The number of carbonyl (C=O) groups is 1. The second-order valence-electron chi connectivity index (χ2n) is 5.45. The number of aromatic nitrogens is 1. The van der Waals surface area contributed by atoms with Crippen molar-refractivity contribution in [2.75, 3.05) is 26.2 Å². The summed E-state index contributed by atoms with van der Waals surface area (Å²) in [6.07, 6.45) is 6.90. The predicted octanol–water partition coefficient (Wildman–Crippen LogP) is 2.14. The number of halogens is 2. The molecule has 3 heterocycles. The lowest BCUT2D eigenvalue weighted by molar-refractivity contribution is 0.0607. The van der Waals surface area contributed by atoms with Crippen LogP contribution in [0.1, 0.15) is 29.6 Å². The van der Waals surface area contributed by atoms with E-state index in [1.165, 1.54) is 6.42 Å². The van der Waals surface area contributed by atoms with Gasteiger partial charge in [0.25, 0.3) is 5.91 Å². The number of nitrogens with zero attached hydrogens (tertiary/aromatic N) is 2. The van der Waals surface area contributed by atoms with Crippen molar-refractivity contribution in [1.82, 2.24) is 15.2 Å². The second-order valence-corrected chi connectivity index (χ2v) is 5.45. The van der Waals surface area contributed by atoms with E-state index in [-0.39, 0.29) is 30.7 Å². The molecule has 1 aromatic heterocycles.